The molecule has 0 saturated carbocycles. The van der Waals surface area contributed by atoms with Crippen LogP contribution in [0.2, 0.25) is 0 Å². The summed E-state index contributed by atoms with van der Waals surface area (Å²) in [6.07, 6.45) is 4.55. The number of hydrogen-bond acceptors (Lipinski definition) is 2. The van der Waals surface area contributed by atoms with Crippen molar-refractivity contribution in [2.45, 2.75) is 18.9 Å². The van der Waals surface area contributed by atoms with Gasteiger partial charge in [0.2, 0.25) is 0 Å². The molecule has 1 aliphatic heterocycles. The summed E-state index contributed by atoms with van der Waals surface area (Å²) in [7, 11) is 0. The number of nitrogens with zero attached hydrogens (tertiary/aromatic N) is 2. The molecule has 0 bridgehead atoms. The van der Waals surface area contributed by atoms with Crippen molar-refractivity contribution in [1.82, 2.24) is 14.9 Å². The zero-order chi connectivity index (χ0) is 13.2. The van der Waals surface area contributed by atoms with E-state index in [4.69, 9.17) is 0 Å². The Morgan fingerprint density at radius 2 is 2.26 bits per heavy atom. The second kappa shape index (κ2) is 5.09. The van der Waals surface area contributed by atoms with Gasteiger partial charge in [-0.2, -0.15) is 0 Å². The maximum absolute atomic E-state index is 13.7. The van der Waals surface area contributed by atoms with Gasteiger partial charge >= 0.3 is 0 Å². The average Bonchev–Trinajstić information content (AvgIpc) is 3.03. The summed E-state index contributed by atoms with van der Waals surface area (Å²) < 4.78 is 28.7. The first-order chi connectivity index (χ1) is 9.24. The highest BCUT2D eigenvalue weighted by Gasteiger charge is 2.20. The van der Waals surface area contributed by atoms with E-state index in [0.717, 1.165) is 31.3 Å². The van der Waals surface area contributed by atoms with E-state index in [1.807, 2.05) is 10.8 Å². The molecule has 100 valence electrons. The van der Waals surface area contributed by atoms with Crippen LogP contribution in [0.15, 0.2) is 30.7 Å². The van der Waals surface area contributed by atoms with Crippen LogP contribution in [0, 0.1) is 11.6 Å². The standard InChI is InChI=1S/C14H15F2N3/c15-12-1-2-13(16)11(5-12)8-19-9-18-7-14(19)10-3-4-17-6-10/h1-2,5,7,9-10,17H,3-4,6,8H2. The molecule has 2 heterocycles. The van der Waals surface area contributed by atoms with Gasteiger partial charge < -0.3 is 9.88 Å². The van der Waals surface area contributed by atoms with Crippen LogP contribution in [0.25, 0.3) is 0 Å². The Bertz CT molecular complexity index is 574. The molecule has 0 radical (unpaired) electrons. The SMILES string of the molecule is Fc1ccc(F)c(Cn2cncc2C2CCNC2)c1. The van der Waals surface area contributed by atoms with Crippen LogP contribution in [0.1, 0.15) is 23.6 Å². The van der Waals surface area contributed by atoms with Gasteiger partial charge in [0, 0.05) is 29.9 Å². The fourth-order valence-electron chi connectivity index (χ4n) is 2.56. The topological polar surface area (TPSA) is 29.9 Å². The Morgan fingerprint density at radius 3 is 3.05 bits per heavy atom. The molecular weight excluding hydrogens is 248 g/mol. The van der Waals surface area contributed by atoms with Gasteiger partial charge in [0.25, 0.3) is 0 Å². The predicted molar refractivity (Wildman–Crippen MR) is 67.9 cm³/mol. The van der Waals surface area contributed by atoms with Crippen molar-refractivity contribution in [3.63, 3.8) is 0 Å². The molecule has 1 atom stereocenters. The number of imidazole rings is 1. The summed E-state index contributed by atoms with van der Waals surface area (Å²) in [5.74, 6) is -0.398. The number of benzene rings is 1. The quantitative estimate of drug-likeness (QED) is 0.920. The molecule has 3 rings (SSSR count). The molecule has 1 N–H and O–H groups in total. The first-order valence-electron chi connectivity index (χ1n) is 6.38. The minimum atomic E-state index is -0.416. The van der Waals surface area contributed by atoms with Crippen LogP contribution in [-0.2, 0) is 6.54 Å². The zero-order valence-corrected chi connectivity index (χ0v) is 10.4. The molecule has 3 nitrogen and oxygen atoms in total. The third-order valence-electron chi connectivity index (χ3n) is 3.57. The van der Waals surface area contributed by atoms with Gasteiger partial charge in [-0.05, 0) is 31.2 Å². The molecule has 1 saturated heterocycles. The van der Waals surface area contributed by atoms with Gasteiger partial charge in [-0.25, -0.2) is 13.8 Å². The fraction of sp³-hybridized carbons (Fsp3) is 0.357. The molecule has 0 aliphatic carbocycles. The van der Waals surface area contributed by atoms with Crippen LogP contribution in [0.4, 0.5) is 8.78 Å². The van der Waals surface area contributed by atoms with Crippen LogP contribution >= 0.6 is 0 Å². The van der Waals surface area contributed by atoms with E-state index in [1.165, 1.54) is 12.1 Å². The minimum absolute atomic E-state index is 0.315. The van der Waals surface area contributed by atoms with Gasteiger partial charge in [-0.15, -0.1) is 0 Å². The average molecular weight is 263 g/mol. The number of halogens is 2. The van der Waals surface area contributed by atoms with Crippen molar-refractivity contribution in [2.24, 2.45) is 0 Å². The Hall–Kier alpha value is -1.75. The molecule has 1 aliphatic rings. The van der Waals surface area contributed by atoms with Crippen molar-refractivity contribution < 1.29 is 8.78 Å². The predicted octanol–water partition coefficient (Wildman–Crippen LogP) is 2.29. The molecule has 0 spiro atoms. The Labute approximate surface area is 110 Å². The van der Waals surface area contributed by atoms with E-state index < -0.39 is 5.82 Å². The lowest BCUT2D eigenvalue weighted by Gasteiger charge is -2.13. The maximum Gasteiger partial charge on any atom is 0.128 e. The summed E-state index contributed by atoms with van der Waals surface area (Å²) in [5.41, 5.74) is 1.43. The van der Waals surface area contributed by atoms with E-state index in [2.05, 4.69) is 10.3 Å². The van der Waals surface area contributed by atoms with Crippen molar-refractivity contribution >= 4 is 0 Å². The Morgan fingerprint density at radius 1 is 1.37 bits per heavy atom. The Kier molecular flexibility index (Phi) is 3.29. The molecule has 1 aromatic carbocycles. The third-order valence-corrected chi connectivity index (χ3v) is 3.57. The number of rotatable bonds is 3. The van der Waals surface area contributed by atoms with Crippen LogP contribution in [-0.4, -0.2) is 22.6 Å². The lowest BCUT2D eigenvalue weighted by Crippen LogP contribution is -2.12. The van der Waals surface area contributed by atoms with Crippen molar-refractivity contribution in [3.8, 4) is 0 Å². The van der Waals surface area contributed by atoms with Gasteiger partial charge in [0.1, 0.15) is 11.6 Å². The number of nitrogens with one attached hydrogen (secondary N) is 1. The van der Waals surface area contributed by atoms with E-state index in [9.17, 15) is 8.78 Å². The molecular formula is C14H15F2N3. The third kappa shape index (κ3) is 2.51. The summed E-state index contributed by atoms with van der Waals surface area (Å²) in [5, 5.41) is 3.30. The molecule has 5 heteroatoms. The van der Waals surface area contributed by atoms with E-state index in [-0.39, 0.29) is 5.82 Å². The summed E-state index contributed by atoms with van der Waals surface area (Å²) in [6.45, 7) is 2.22. The second-order valence-electron chi connectivity index (χ2n) is 4.87. The van der Waals surface area contributed by atoms with Gasteiger partial charge in [-0.1, -0.05) is 0 Å². The van der Waals surface area contributed by atoms with E-state index in [0.29, 0.717) is 18.0 Å². The van der Waals surface area contributed by atoms with Gasteiger partial charge in [-0.3, -0.25) is 0 Å². The normalized spacial score (nSPS) is 18.9. The second-order valence-corrected chi connectivity index (χ2v) is 4.87. The highest BCUT2D eigenvalue weighted by molar-refractivity contribution is 5.20. The van der Waals surface area contributed by atoms with E-state index >= 15 is 0 Å². The highest BCUT2D eigenvalue weighted by atomic mass is 19.1. The molecule has 1 unspecified atom stereocenters. The van der Waals surface area contributed by atoms with Gasteiger partial charge in [0.05, 0.1) is 12.9 Å². The van der Waals surface area contributed by atoms with Crippen LogP contribution in [0.3, 0.4) is 0 Å². The van der Waals surface area contributed by atoms with Gasteiger partial charge in [0.15, 0.2) is 0 Å². The van der Waals surface area contributed by atoms with Crippen molar-refractivity contribution in [1.29, 1.82) is 0 Å². The number of aromatic nitrogens is 2. The summed E-state index contributed by atoms with van der Waals surface area (Å²) in [6, 6.07) is 3.54. The molecule has 0 amide bonds. The summed E-state index contributed by atoms with van der Waals surface area (Å²) >= 11 is 0. The molecule has 1 fully saturated rings. The maximum atomic E-state index is 13.7. The number of hydrogen-bond donors (Lipinski definition) is 1. The Balaban J connectivity index is 1.87. The summed E-state index contributed by atoms with van der Waals surface area (Å²) in [4.78, 5) is 4.13. The monoisotopic (exact) mass is 263 g/mol. The largest absolute Gasteiger partial charge is 0.330 e. The first-order valence-corrected chi connectivity index (χ1v) is 6.38. The molecule has 2 aromatic rings. The smallest absolute Gasteiger partial charge is 0.128 e. The highest BCUT2D eigenvalue weighted by Crippen LogP contribution is 2.23. The van der Waals surface area contributed by atoms with Crippen LogP contribution in [0.5, 0.6) is 0 Å². The molecule has 1 aromatic heterocycles. The van der Waals surface area contributed by atoms with E-state index in [1.54, 1.807) is 6.33 Å². The zero-order valence-electron chi connectivity index (χ0n) is 10.4. The van der Waals surface area contributed by atoms with Crippen molar-refractivity contribution in [2.75, 3.05) is 13.1 Å². The lowest BCUT2D eigenvalue weighted by molar-refractivity contribution is 0.569. The van der Waals surface area contributed by atoms with Crippen LogP contribution < -0.4 is 5.32 Å². The van der Waals surface area contributed by atoms with Crippen molar-refractivity contribution in [3.05, 3.63) is 53.6 Å². The minimum Gasteiger partial charge on any atom is -0.330 e. The fourth-order valence-corrected chi connectivity index (χ4v) is 2.56. The first kappa shape index (κ1) is 12.3. The molecule has 19 heavy (non-hydrogen) atoms. The lowest BCUT2D eigenvalue weighted by atomic mass is 10.1.